The Morgan fingerprint density at radius 1 is 1.23 bits per heavy atom. The van der Waals surface area contributed by atoms with Crippen LogP contribution in [0.5, 0.6) is 0 Å². The molecule has 1 saturated carbocycles. The van der Waals surface area contributed by atoms with Crippen LogP contribution in [-0.4, -0.2) is 24.1 Å². The summed E-state index contributed by atoms with van der Waals surface area (Å²) in [6, 6.07) is 0. The predicted molar refractivity (Wildman–Crippen MR) is 84.1 cm³/mol. The van der Waals surface area contributed by atoms with Crippen LogP contribution in [0, 0.1) is 22.7 Å². The zero-order chi connectivity index (χ0) is 16.7. The van der Waals surface area contributed by atoms with Gasteiger partial charge in [-0.1, -0.05) is 41.5 Å². The van der Waals surface area contributed by atoms with Crippen LogP contribution < -0.4 is 0 Å². The Kier molecular flexibility index (Phi) is 4.61. The van der Waals surface area contributed by atoms with E-state index in [2.05, 4.69) is 41.5 Å². The molecular weight excluding hydrogens is 280 g/mol. The van der Waals surface area contributed by atoms with Crippen LogP contribution >= 0.6 is 0 Å². The fourth-order valence-corrected chi connectivity index (χ4v) is 3.41. The molecule has 126 valence electrons. The molecule has 0 aromatic rings. The second-order valence-electron chi connectivity index (χ2n) is 9.14. The van der Waals surface area contributed by atoms with E-state index in [4.69, 9.17) is 9.47 Å². The minimum Gasteiger partial charge on any atom is -0.458 e. The molecule has 4 heteroatoms. The molecule has 0 amide bonds. The molecule has 2 aliphatic rings. The minimum absolute atomic E-state index is 0.0212. The average molecular weight is 310 g/mol. The van der Waals surface area contributed by atoms with E-state index < -0.39 is 0 Å². The minimum atomic E-state index is -0.264. The lowest BCUT2D eigenvalue weighted by atomic mass is 9.72. The Morgan fingerprint density at radius 2 is 1.86 bits per heavy atom. The van der Waals surface area contributed by atoms with Crippen molar-refractivity contribution >= 4 is 11.9 Å². The molecule has 0 N–H and O–H groups in total. The molecule has 0 spiro atoms. The van der Waals surface area contributed by atoms with Crippen molar-refractivity contribution < 1.29 is 19.1 Å². The van der Waals surface area contributed by atoms with E-state index in [1.807, 2.05) is 0 Å². The summed E-state index contributed by atoms with van der Waals surface area (Å²) in [5.74, 6) is -0.394. The fraction of sp³-hybridized carbons (Fsp3) is 0.889. The highest BCUT2D eigenvalue weighted by atomic mass is 16.6. The molecule has 0 aromatic heterocycles. The molecule has 2 bridgehead atoms. The topological polar surface area (TPSA) is 52.6 Å². The number of carbonyl (C=O) groups excluding carboxylic acids is 2. The van der Waals surface area contributed by atoms with Gasteiger partial charge in [-0.05, 0) is 30.1 Å². The molecule has 2 fully saturated rings. The quantitative estimate of drug-likeness (QED) is 0.745. The average Bonchev–Trinajstić information content (AvgIpc) is 2.64. The summed E-state index contributed by atoms with van der Waals surface area (Å²) in [5, 5.41) is 0. The highest BCUT2D eigenvalue weighted by Gasteiger charge is 2.46. The summed E-state index contributed by atoms with van der Waals surface area (Å²) in [6.45, 7) is 12.7. The van der Waals surface area contributed by atoms with Crippen molar-refractivity contribution in [3.05, 3.63) is 0 Å². The number of rotatable bonds is 3. The summed E-state index contributed by atoms with van der Waals surface area (Å²) in [6.07, 6.45) is 2.50. The molecule has 0 aromatic carbocycles. The van der Waals surface area contributed by atoms with Crippen molar-refractivity contribution in [1.29, 1.82) is 0 Å². The normalized spacial score (nSPS) is 29.9. The third kappa shape index (κ3) is 4.02. The number of fused-ring (bicyclic) bond motifs is 2. The number of hydrogen-bond acceptors (Lipinski definition) is 4. The Balaban J connectivity index is 2.03. The molecule has 4 atom stereocenters. The first-order valence-electron chi connectivity index (χ1n) is 8.38. The van der Waals surface area contributed by atoms with Crippen LogP contribution in [0.2, 0.25) is 0 Å². The fourth-order valence-electron chi connectivity index (χ4n) is 3.41. The van der Waals surface area contributed by atoms with Crippen LogP contribution in [0.3, 0.4) is 0 Å². The zero-order valence-electron chi connectivity index (χ0n) is 14.8. The van der Waals surface area contributed by atoms with Crippen LogP contribution in [0.4, 0.5) is 0 Å². The van der Waals surface area contributed by atoms with E-state index in [1.165, 1.54) is 0 Å². The second-order valence-corrected chi connectivity index (χ2v) is 9.14. The van der Waals surface area contributed by atoms with Gasteiger partial charge in [0.25, 0.3) is 0 Å². The first-order valence-corrected chi connectivity index (χ1v) is 8.38. The second kappa shape index (κ2) is 5.86. The smallest absolute Gasteiger partial charge is 0.309 e. The Bertz CT molecular complexity index is 441. The first-order chi connectivity index (χ1) is 9.97. The zero-order valence-corrected chi connectivity index (χ0v) is 14.8. The first kappa shape index (κ1) is 17.3. The van der Waals surface area contributed by atoms with Gasteiger partial charge in [-0.25, -0.2) is 0 Å². The van der Waals surface area contributed by atoms with Gasteiger partial charge in [0.05, 0.1) is 11.8 Å². The lowest BCUT2D eigenvalue weighted by molar-refractivity contribution is -0.169. The van der Waals surface area contributed by atoms with Crippen LogP contribution in [0.15, 0.2) is 0 Å². The van der Waals surface area contributed by atoms with Crippen molar-refractivity contribution in [3.8, 4) is 0 Å². The molecule has 2 rings (SSSR count). The molecule has 4 unspecified atom stereocenters. The van der Waals surface area contributed by atoms with Crippen molar-refractivity contribution in [2.45, 2.75) is 79.4 Å². The van der Waals surface area contributed by atoms with Gasteiger partial charge in [-0.2, -0.15) is 0 Å². The van der Waals surface area contributed by atoms with E-state index in [1.54, 1.807) is 0 Å². The van der Waals surface area contributed by atoms with E-state index in [0.29, 0.717) is 6.42 Å². The standard InChI is InChI=1S/C18H30O4/c1-17(2,3)10-12(18(4,5)6)16(20)21-13-8-7-11-9-14(13)22-15(11)19/h11-14H,7-10H2,1-6H3. The number of ether oxygens (including phenoxy) is 2. The number of esters is 2. The maximum Gasteiger partial charge on any atom is 0.309 e. The van der Waals surface area contributed by atoms with E-state index in [0.717, 1.165) is 19.3 Å². The van der Waals surface area contributed by atoms with Crippen LogP contribution in [0.1, 0.15) is 67.2 Å². The maximum absolute atomic E-state index is 12.7. The van der Waals surface area contributed by atoms with E-state index in [-0.39, 0.29) is 46.8 Å². The maximum atomic E-state index is 12.7. The van der Waals surface area contributed by atoms with Crippen molar-refractivity contribution in [3.63, 3.8) is 0 Å². The lowest BCUT2D eigenvalue weighted by Gasteiger charge is -2.35. The molecule has 4 nitrogen and oxygen atoms in total. The van der Waals surface area contributed by atoms with E-state index >= 15 is 0 Å². The van der Waals surface area contributed by atoms with Crippen molar-refractivity contribution in [2.75, 3.05) is 0 Å². The SMILES string of the molecule is CC(C)(C)CC(C(=O)OC1CCC2CC1OC2=O)C(C)(C)C. The summed E-state index contributed by atoms with van der Waals surface area (Å²) in [5.41, 5.74) is -0.0810. The van der Waals surface area contributed by atoms with Crippen LogP contribution in [-0.2, 0) is 19.1 Å². The molecule has 22 heavy (non-hydrogen) atoms. The third-order valence-corrected chi connectivity index (χ3v) is 4.75. The van der Waals surface area contributed by atoms with Gasteiger partial charge >= 0.3 is 11.9 Å². The van der Waals surface area contributed by atoms with Gasteiger partial charge in [-0.3, -0.25) is 9.59 Å². The Morgan fingerprint density at radius 3 is 2.41 bits per heavy atom. The van der Waals surface area contributed by atoms with Gasteiger partial charge < -0.3 is 9.47 Å². The summed E-state index contributed by atoms with van der Waals surface area (Å²) in [4.78, 5) is 24.3. The molecule has 1 aliphatic carbocycles. The number of carbonyl (C=O) groups is 2. The molecule has 1 aliphatic heterocycles. The monoisotopic (exact) mass is 310 g/mol. The third-order valence-electron chi connectivity index (χ3n) is 4.75. The highest BCUT2D eigenvalue weighted by Crippen LogP contribution is 2.40. The molecule has 0 radical (unpaired) electrons. The van der Waals surface area contributed by atoms with Crippen molar-refractivity contribution in [1.82, 2.24) is 0 Å². The Labute approximate surface area is 133 Å². The lowest BCUT2D eigenvalue weighted by Crippen LogP contribution is -2.39. The van der Waals surface area contributed by atoms with Gasteiger partial charge in [0, 0.05) is 6.42 Å². The predicted octanol–water partition coefficient (Wildman–Crippen LogP) is 3.72. The van der Waals surface area contributed by atoms with Crippen molar-refractivity contribution in [2.24, 2.45) is 22.7 Å². The van der Waals surface area contributed by atoms with Crippen LogP contribution in [0.25, 0.3) is 0 Å². The molecule has 1 heterocycles. The van der Waals surface area contributed by atoms with E-state index in [9.17, 15) is 9.59 Å². The van der Waals surface area contributed by atoms with Gasteiger partial charge in [0.1, 0.15) is 12.2 Å². The summed E-state index contributed by atoms with van der Waals surface area (Å²) in [7, 11) is 0. The highest BCUT2D eigenvalue weighted by molar-refractivity contribution is 5.76. The molecule has 1 saturated heterocycles. The summed E-state index contributed by atoms with van der Waals surface area (Å²) >= 11 is 0. The molecular formula is C18H30O4. The van der Waals surface area contributed by atoms with Gasteiger partial charge in [-0.15, -0.1) is 0 Å². The number of hydrogen-bond donors (Lipinski definition) is 0. The Hall–Kier alpha value is -1.06. The van der Waals surface area contributed by atoms with Gasteiger partial charge in [0.2, 0.25) is 0 Å². The largest absolute Gasteiger partial charge is 0.458 e. The van der Waals surface area contributed by atoms with Gasteiger partial charge in [0.15, 0.2) is 0 Å². The summed E-state index contributed by atoms with van der Waals surface area (Å²) < 4.78 is 11.1.